The molecule has 5 nitrogen and oxygen atoms in total. The fourth-order valence-corrected chi connectivity index (χ4v) is 3.12. The Balaban J connectivity index is 1.97. The standard InChI is InChI=1S/C15H18N4OS/c1-9(20)15-18-13-7-11(16)3-4-14(13)19(15)6-5-12-8-21-10(2)17-12/h3-4,7-9,20H,5-6,16H2,1-2H3. The van der Waals surface area contributed by atoms with E-state index < -0.39 is 6.10 Å². The van der Waals surface area contributed by atoms with Crippen molar-refractivity contribution in [3.63, 3.8) is 0 Å². The molecule has 3 rings (SSSR count). The zero-order chi connectivity index (χ0) is 15.0. The highest BCUT2D eigenvalue weighted by Gasteiger charge is 2.15. The second-order valence-electron chi connectivity index (χ2n) is 5.15. The van der Waals surface area contributed by atoms with Crippen LogP contribution in [0, 0.1) is 6.92 Å². The van der Waals surface area contributed by atoms with Crippen molar-refractivity contribution in [2.45, 2.75) is 32.9 Å². The number of nitrogen functional groups attached to an aromatic ring is 1. The van der Waals surface area contributed by atoms with E-state index in [0.29, 0.717) is 11.5 Å². The molecule has 0 aliphatic rings. The number of aryl methyl sites for hydroxylation is 3. The van der Waals surface area contributed by atoms with E-state index in [0.717, 1.165) is 34.7 Å². The monoisotopic (exact) mass is 302 g/mol. The minimum Gasteiger partial charge on any atom is -0.399 e. The number of anilines is 1. The van der Waals surface area contributed by atoms with Crippen LogP contribution in [-0.4, -0.2) is 19.6 Å². The Labute approximate surface area is 127 Å². The molecular formula is C15H18N4OS. The zero-order valence-corrected chi connectivity index (χ0v) is 12.9. The van der Waals surface area contributed by atoms with Gasteiger partial charge in [-0.25, -0.2) is 9.97 Å². The molecule has 2 aromatic heterocycles. The Morgan fingerprint density at radius 1 is 1.38 bits per heavy atom. The first kappa shape index (κ1) is 14.0. The highest BCUT2D eigenvalue weighted by Crippen LogP contribution is 2.23. The molecular weight excluding hydrogens is 284 g/mol. The van der Waals surface area contributed by atoms with E-state index in [-0.39, 0.29) is 0 Å². The summed E-state index contributed by atoms with van der Waals surface area (Å²) < 4.78 is 2.05. The van der Waals surface area contributed by atoms with Crippen molar-refractivity contribution in [2.24, 2.45) is 0 Å². The van der Waals surface area contributed by atoms with Crippen LogP contribution in [0.4, 0.5) is 5.69 Å². The minimum atomic E-state index is -0.615. The van der Waals surface area contributed by atoms with Crippen molar-refractivity contribution in [3.8, 4) is 0 Å². The molecule has 3 N–H and O–H groups in total. The van der Waals surface area contributed by atoms with Crippen molar-refractivity contribution in [3.05, 3.63) is 40.1 Å². The van der Waals surface area contributed by atoms with E-state index in [9.17, 15) is 5.11 Å². The van der Waals surface area contributed by atoms with Gasteiger partial charge in [0.2, 0.25) is 0 Å². The number of nitrogens with two attached hydrogens (primary N) is 1. The maximum absolute atomic E-state index is 9.95. The smallest absolute Gasteiger partial charge is 0.138 e. The van der Waals surface area contributed by atoms with Crippen LogP contribution in [0.5, 0.6) is 0 Å². The molecule has 0 radical (unpaired) electrons. The summed E-state index contributed by atoms with van der Waals surface area (Å²) in [5.41, 5.74) is 9.37. The van der Waals surface area contributed by atoms with Gasteiger partial charge in [0.25, 0.3) is 0 Å². The van der Waals surface area contributed by atoms with Crippen LogP contribution < -0.4 is 5.73 Å². The van der Waals surface area contributed by atoms with Gasteiger partial charge in [0.05, 0.1) is 21.7 Å². The minimum absolute atomic E-state index is 0.615. The highest BCUT2D eigenvalue weighted by atomic mass is 32.1. The fourth-order valence-electron chi connectivity index (χ4n) is 2.47. The van der Waals surface area contributed by atoms with Crippen molar-refractivity contribution in [1.29, 1.82) is 0 Å². The van der Waals surface area contributed by atoms with Gasteiger partial charge in [-0.15, -0.1) is 11.3 Å². The number of fused-ring (bicyclic) bond motifs is 1. The van der Waals surface area contributed by atoms with E-state index in [4.69, 9.17) is 5.73 Å². The molecule has 110 valence electrons. The van der Waals surface area contributed by atoms with Gasteiger partial charge in [-0.2, -0.15) is 0 Å². The lowest BCUT2D eigenvalue weighted by molar-refractivity contribution is 0.184. The first-order valence-electron chi connectivity index (χ1n) is 6.89. The van der Waals surface area contributed by atoms with E-state index >= 15 is 0 Å². The van der Waals surface area contributed by atoms with Gasteiger partial charge in [-0.05, 0) is 32.0 Å². The SMILES string of the molecule is Cc1nc(CCn2c(C(C)O)nc3cc(N)ccc32)cs1. The van der Waals surface area contributed by atoms with E-state index in [1.165, 1.54) is 0 Å². The van der Waals surface area contributed by atoms with Gasteiger partial charge in [-0.3, -0.25) is 0 Å². The Morgan fingerprint density at radius 2 is 2.19 bits per heavy atom. The molecule has 0 aliphatic carbocycles. The van der Waals surface area contributed by atoms with Crippen molar-refractivity contribution in [2.75, 3.05) is 5.73 Å². The van der Waals surface area contributed by atoms with Gasteiger partial charge in [0, 0.05) is 24.0 Å². The number of aliphatic hydroxyl groups excluding tert-OH is 1. The maximum Gasteiger partial charge on any atom is 0.138 e. The van der Waals surface area contributed by atoms with Crippen LogP contribution in [0.15, 0.2) is 23.6 Å². The Bertz CT molecular complexity index is 775. The summed E-state index contributed by atoms with van der Waals surface area (Å²) in [5.74, 6) is 0.669. The van der Waals surface area contributed by atoms with Crippen LogP contribution in [0.25, 0.3) is 11.0 Å². The van der Waals surface area contributed by atoms with Crippen LogP contribution in [0.3, 0.4) is 0 Å². The van der Waals surface area contributed by atoms with Gasteiger partial charge in [-0.1, -0.05) is 0 Å². The van der Waals surface area contributed by atoms with E-state index in [1.807, 2.05) is 29.7 Å². The number of thiazole rings is 1. The van der Waals surface area contributed by atoms with Gasteiger partial charge in [0.1, 0.15) is 11.9 Å². The number of imidazole rings is 1. The lowest BCUT2D eigenvalue weighted by Gasteiger charge is -2.10. The summed E-state index contributed by atoms with van der Waals surface area (Å²) in [7, 11) is 0. The summed E-state index contributed by atoms with van der Waals surface area (Å²) in [5, 5.41) is 13.1. The lowest BCUT2D eigenvalue weighted by atomic mass is 10.2. The molecule has 3 aromatic rings. The number of aromatic nitrogens is 3. The molecule has 0 amide bonds. The Hall–Kier alpha value is -1.92. The number of rotatable bonds is 4. The quantitative estimate of drug-likeness (QED) is 0.726. The van der Waals surface area contributed by atoms with Crippen molar-refractivity contribution < 1.29 is 5.11 Å². The predicted octanol–water partition coefficient (Wildman–Crippen LogP) is 2.68. The molecule has 6 heteroatoms. The third-order valence-corrected chi connectivity index (χ3v) is 4.26. The first-order chi connectivity index (χ1) is 10.0. The summed E-state index contributed by atoms with van der Waals surface area (Å²) in [6.45, 7) is 4.47. The highest BCUT2D eigenvalue weighted by molar-refractivity contribution is 7.09. The average molecular weight is 302 g/mol. The molecule has 0 fully saturated rings. The predicted molar refractivity (Wildman–Crippen MR) is 85.3 cm³/mol. The van der Waals surface area contributed by atoms with E-state index in [1.54, 1.807) is 18.3 Å². The number of hydrogen-bond donors (Lipinski definition) is 2. The Kier molecular flexibility index (Phi) is 3.65. The zero-order valence-electron chi connectivity index (χ0n) is 12.1. The van der Waals surface area contributed by atoms with Crippen LogP contribution in [0.2, 0.25) is 0 Å². The third-order valence-electron chi connectivity index (χ3n) is 3.43. The molecule has 2 heterocycles. The average Bonchev–Trinajstić information content (AvgIpc) is 2.99. The molecule has 0 aliphatic heterocycles. The van der Waals surface area contributed by atoms with Crippen LogP contribution in [0.1, 0.15) is 29.6 Å². The van der Waals surface area contributed by atoms with Crippen molar-refractivity contribution in [1.82, 2.24) is 14.5 Å². The largest absolute Gasteiger partial charge is 0.399 e. The summed E-state index contributed by atoms with van der Waals surface area (Å²) in [6, 6.07) is 5.65. The molecule has 0 bridgehead atoms. The topological polar surface area (TPSA) is 77.0 Å². The van der Waals surface area contributed by atoms with Crippen molar-refractivity contribution >= 4 is 28.1 Å². The molecule has 1 atom stereocenters. The second kappa shape index (κ2) is 5.46. The fraction of sp³-hybridized carbons (Fsp3) is 0.333. The van der Waals surface area contributed by atoms with Gasteiger partial charge < -0.3 is 15.4 Å². The Morgan fingerprint density at radius 3 is 2.86 bits per heavy atom. The number of aliphatic hydroxyl groups is 1. The molecule has 1 aromatic carbocycles. The number of benzene rings is 1. The second-order valence-corrected chi connectivity index (χ2v) is 6.22. The maximum atomic E-state index is 9.95. The summed E-state index contributed by atoms with van der Waals surface area (Å²) in [6.07, 6.45) is 0.204. The number of hydrogen-bond acceptors (Lipinski definition) is 5. The summed E-state index contributed by atoms with van der Waals surface area (Å²) >= 11 is 1.66. The van der Waals surface area contributed by atoms with Crippen LogP contribution >= 0.6 is 11.3 Å². The van der Waals surface area contributed by atoms with Gasteiger partial charge in [0.15, 0.2) is 0 Å². The first-order valence-corrected chi connectivity index (χ1v) is 7.77. The third kappa shape index (κ3) is 2.77. The lowest BCUT2D eigenvalue weighted by Crippen LogP contribution is -2.09. The molecule has 0 saturated carbocycles. The van der Waals surface area contributed by atoms with E-state index in [2.05, 4.69) is 15.3 Å². The van der Waals surface area contributed by atoms with Gasteiger partial charge >= 0.3 is 0 Å². The molecule has 21 heavy (non-hydrogen) atoms. The van der Waals surface area contributed by atoms with Crippen LogP contribution in [-0.2, 0) is 13.0 Å². The molecule has 0 spiro atoms. The summed E-state index contributed by atoms with van der Waals surface area (Å²) in [4.78, 5) is 8.99. The molecule has 0 saturated heterocycles. The number of nitrogens with zero attached hydrogens (tertiary/aromatic N) is 3. The molecule has 1 unspecified atom stereocenters. The normalized spacial score (nSPS) is 12.9.